The minimum atomic E-state index is -0.168. The number of amides is 1. The molecule has 6 nitrogen and oxygen atoms in total. The standard InChI is InChI=1S/C14H21N3O3/c1-10(2)20-12-6-3-5-11(9-12)14(18)16-8-4-7-13(15)17-19/h3,5-6,9-10,19H,4,7-8H2,1-2H3,(H2,15,17)(H,16,18). The highest BCUT2D eigenvalue weighted by atomic mass is 16.5. The fraction of sp³-hybridized carbons (Fsp3) is 0.429. The lowest BCUT2D eigenvalue weighted by Gasteiger charge is -2.11. The normalized spacial score (nSPS) is 11.4. The van der Waals surface area contributed by atoms with E-state index in [2.05, 4.69) is 10.5 Å². The van der Waals surface area contributed by atoms with Crippen LogP contribution in [0.3, 0.4) is 0 Å². The second-order valence-corrected chi connectivity index (χ2v) is 4.65. The zero-order valence-electron chi connectivity index (χ0n) is 11.8. The number of oxime groups is 1. The highest BCUT2D eigenvalue weighted by Gasteiger charge is 2.07. The maximum Gasteiger partial charge on any atom is 0.251 e. The largest absolute Gasteiger partial charge is 0.491 e. The summed E-state index contributed by atoms with van der Waals surface area (Å²) in [5.74, 6) is 0.662. The van der Waals surface area contributed by atoms with E-state index in [1.807, 2.05) is 19.9 Å². The maximum absolute atomic E-state index is 11.9. The quantitative estimate of drug-likeness (QED) is 0.233. The van der Waals surface area contributed by atoms with Crippen LogP contribution in [-0.4, -0.2) is 29.6 Å². The van der Waals surface area contributed by atoms with Crippen molar-refractivity contribution < 1.29 is 14.7 Å². The highest BCUT2D eigenvalue weighted by molar-refractivity contribution is 5.94. The zero-order valence-corrected chi connectivity index (χ0v) is 11.8. The number of nitrogens with one attached hydrogen (secondary N) is 1. The van der Waals surface area contributed by atoms with Crippen molar-refractivity contribution in [1.82, 2.24) is 5.32 Å². The van der Waals surface area contributed by atoms with Crippen LogP contribution in [0.25, 0.3) is 0 Å². The number of benzene rings is 1. The van der Waals surface area contributed by atoms with Crippen molar-refractivity contribution in [3.63, 3.8) is 0 Å². The molecule has 20 heavy (non-hydrogen) atoms. The molecule has 0 aliphatic heterocycles. The van der Waals surface area contributed by atoms with Gasteiger partial charge in [0.2, 0.25) is 0 Å². The van der Waals surface area contributed by atoms with Gasteiger partial charge in [-0.1, -0.05) is 11.2 Å². The number of amidine groups is 1. The van der Waals surface area contributed by atoms with Gasteiger partial charge < -0.3 is 21.0 Å². The molecule has 0 saturated carbocycles. The first kappa shape index (κ1) is 15.8. The smallest absolute Gasteiger partial charge is 0.251 e. The summed E-state index contributed by atoms with van der Waals surface area (Å²) in [6, 6.07) is 7.03. The SMILES string of the molecule is CC(C)Oc1cccc(C(=O)NCCCC(N)=NO)c1. The van der Waals surface area contributed by atoms with E-state index in [-0.39, 0.29) is 17.8 Å². The number of hydrogen-bond donors (Lipinski definition) is 3. The number of ether oxygens (including phenoxy) is 1. The molecule has 0 bridgehead atoms. The van der Waals surface area contributed by atoms with Gasteiger partial charge in [0.15, 0.2) is 0 Å². The van der Waals surface area contributed by atoms with Crippen LogP contribution in [0.1, 0.15) is 37.0 Å². The first-order valence-corrected chi connectivity index (χ1v) is 6.54. The van der Waals surface area contributed by atoms with Crippen molar-refractivity contribution in [3.05, 3.63) is 29.8 Å². The van der Waals surface area contributed by atoms with E-state index in [0.717, 1.165) is 0 Å². The molecular formula is C14H21N3O3. The second kappa shape index (κ2) is 8.04. The molecule has 1 aromatic carbocycles. The second-order valence-electron chi connectivity index (χ2n) is 4.65. The van der Waals surface area contributed by atoms with Crippen LogP contribution in [0.5, 0.6) is 5.75 Å². The Morgan fingerprint density at radius 2 is 2.25 bits per heavy atom. The molecule has 4 N–H and O–H groups in total. The van der Waals surface area contributed by atoms with Crippen LogP contribution in [0.2, 0.25) is 0 Å². The van der Waals surface area contributed by atoms with Gasteiger partial charge in [-0.2, -0.15) is 0 Å². The van der Waals surface area contributed by atoms with Gasteiger partial charge in [0, 0.05) is 18.5 Å². The topological polar surface area (TPSA) is 96.9 Å². The summed E-state index contributed by atoms with van der Waals surface area (Å²) in [6.07, 6.45) is 1.12. The zero-order chi connectivity index (χ0) is 15.0. The molecule has 6 heteroatoms. The molecule has 0 unspecified atom stereocenters. The molecule has 1 aromatic rings. The molecular weight excluding hydrogens is 258 g/mol. The van der Waals surface area contributed by atoms with Crippen molar-refractivity contribution in [2.45, 2.75) is 32.8 Å². The Kier molecular flexibility index (Phi) is 6.36. The van der Waals surface area contributed by atoms with Gasteiger partial charge in [-0.3, -0.25) is 4.79 Å². The molecule has 0 saturated heterocycles. The molecule has 0 radical (unpaired) electrons. The van der Waals surface area contributed by atoms with E-state index in [0.29, 0.717) is 30.7 Å². The summed E-state index contributed by atoms with van der Waals surface area (Å²) in [6.45, 7) is 4.32. The lowest BCUT2D eigenvalue weighted by atomic mass is 10.2. The van der Waals surface area contributed by atoms with Crippen LogP contribution in [0.4, 0.5) is 0 Å². The van der Waals surface area contributed by atoms with Gasteiger partial charge in [0.05, 0.1) is 6.10 Å². The first-order chi connectivity index (χ1) is 9.52. The summed E-state index contributed by atoms with van der Waals surface area (Å²) >= 11 is 0. The van der Waals surface area contributed by atoms with Crippen LogP contribution >= 0.6 is 0 Å². The summed E-state index contributed by atoms with van der Waals surface area (Å²) in [5, 5.41) is 14.0. The van der Waals surface area contributed by atoms with Gasteiger partial charge in [0.25, 0.3) is 5.91 Å². The molecule has 0 spiro atoms. The molecule has 1 rings (SSSR count). The molecule has 0 atom stereocenters. The van der Waals surface area contributed by atoms with E-state index >= 15 is 0 Å². The molecule has 0 aliphatic rings. The fourth-order valence-corrected chi connectivity index (χ4v) is 1.61. The number of nitrogens with two attached hydrogens (primary N) is 1. The summed E-state index contributed by atoms with van der Waals surface area (Å²) in [7, 11) is 0. The Morgan fingerprint density at radius 3 is 2.90 bits per heavy atom. The van der Waals surface area contributed by atoms with E-state index in [9.17, 15) is 4.79 Å². The van der Waals surface area contributed by atoms with Crippen LogP contribution in [-0.2, 0) is 0 Å². The Hall–Kier alpha value is -2.24. The minimum absolute atomic E-state index is 0.0639. The molecule has 0 fully saturated rings. The van der Waals surface area contributed by atoms with Gasteiger partial charge in [-0.25, -0.2) is 0 Å². The summed E-state index contributed by atoms with van der Waals surface area (Å²) in [4.78, 5) is 11.9. The van der Waals surface area contributed by atoms with Crippen LogP contribution in [0, 0.1) is 0 Å². The van der Waals surface area contributed by atoms with Crippen molar-refractivity contribution >= 4 is 11.7 Å². The third-order valence-electron chi connectivity index (χ3n) is 2.49. The monoisotopic (exact) mass is 279 g/mol. The lowest BCUT2D eigenvalue weighted by Crippen LogP contribution is -2.25. The molecule has 0 aliphatic carbocycles. The third-order valence-corrected chi connectivity index (χ3v) is 2.49. The Balaban J connectivity index is 2.47. The van der Waals surface area contributed by atoms with Crippen LogP contribution < -0.4 is 15.8 Å². The number of hydrogen-bond acceptors (Lipinski definition) is 4. The summed E-state index contributed by atoms with van der Waals surface area (Å²) < 4.78 is 5.54. The number of rotatable bonds is 7. The average molecular weight is 279 g/mol. The highest BCUT2D eigenvalue weighted by Crippen LogP contribution is 2.14. The third kappa shape index (κ3) is 5.60. The molecule has 0 heterocycles. The van der Waals surface area contributed by atoms with E-state index in [4.69, 9.17) is 15.7 Å². The minimum Gasteiger partial charge on any atom is -0.491 e. The van der Waals surface area contributed by atoms with Crippen LogP contribution in [0.15, 0.2) is 29.4 Å². The molecule has 110 valence electrons. The van der Waals surface area contributed by atoms with Crippen molar-refractivity contribution in [2.24, 2.45) is 10.9 Å². The lowest BCUT2D eigenvalue weighted by molar-refractivity contribution is 0.0952. The average Bonchev–Trinajstić information content (AvgIpc) is 2.42. The van der Waals surface area contributed by atoms with Gasteiger partial charge in [-0.05, 0) is 38.5 Å². The maximum atomic E-state index is 11.9. The van der Waals surface area contributed by atoms with Crippen molar-refractivity contribution in [3.8, 4) is 5.75 Å². The summed E-state index contributed by atoms with van der Waals surface area (Å²) in [5.41, 5.74) is 5.89. The first-order valence-electron chi connectivity index (χ1n) is 6.54. The van der Waals surface area contributed by atoms with Crippen molar-refractivity contribution in [1.29, 1.82) is 0 Å². The molecule has 1 amide bonds. The number of carbonyl (C=O) groups is 1. The molecule has 0 aromatic heterocycles. The predicted molar refractivity (Wildman–Crippen MR) is 77.2 cm³/mol. The van der Waals surface area contributed by atoms with E-state index in [1.54, 1.807) is 18.2 Å². The van der Waals surface area contributed by atoms with E-state index < -0.39 is 0 Å². The fourth-order valence-electron chi connectivity index (χ4n) is 1.61. The number of carbonyl (C=O) groups excluding carboxylic acids is 1. The number of nitrogens with zero attached hydrogens (tertiary/aromatic N) is 1. The van der Waals surface area contributed by atoms with E-state index in [1.165, 1.54) is 0 Å². The Bertz CT molecular complexity index is 472. The van der Waals surface area contributed by atoms with Gasteiger partial charge >= 0.3 is 0 Å². The predicted octanol–water partition coefficient (Wildman–Crippen LogP) is 1.73. The van der Waals surface area contributed by atoms with Gasteiger partial charge in [0.1, 0.15) is 11.6 Å². The Morgan fingerprint density at radius 1 is 1.50 bits per heavy atom. The van der Waals surface area contributed by atoms with Crippen molar-refractivity contribution in [2.75, 3.05) is 6.54 Å². The Labute approximate surface area is 118 Å². The van der Waals surface area contributed by atoms with Gasteiger partial charge in [-0.15, -0.1) is 0 Å².